The molecule has 7 N–H and O–H groups in total. The van der Waals surface area contributed by atoms with Crippen LogP contribution in [0.2, 0.25) is 0 Å². The highest BCUT2D eigenvalue weighted by atomic mass is 16.6. The predicted octanol–water partition coefficient (Wildman–Crippen LogP) is -2.14. The number of carbonyl (C=O) groups is 2. The molecule has 0 amide bonds. The van der Waals surface area contributed by atoms with E-state index in [1.165, 1.54) is 0 Å². The summed E-state index contributed by atoms with van der Waals surface area (Å²) in [4.78, 5) is 22.0. The number of hydrogen-bond acceptors (Lipinski definition) is 8. The summed E-state index contributed by atoms with van der Waals surface area (Å²) < 4.78 is 4.95. The Bertz CT molecular complexity index is 627. The minimum Gasteiger partial charge on any atom is -0.478 e. The fraction of sp³-hybridized carbons (Fsp3) is 0.429. The van der Waals surface area contributed by atoms with E-state index in [1.54, 1.807) is 0 Å². The summed E-state index contributed by atoms with van der Waals surface area (Å²) in [6.45, 7) is -0.759. The van der Waals surface area contributed by atoms with Crippen LogP contribution >= 0.6 is 0 Å². The standard InChI is InChI=1S/C14H16O10/c15-4-8-9(16)10(17)14(8,23)13(22)24-7-2-5(11(18)19)1-6(3-7)12(20)21/h1-3,8-10,13,15-17,22-23H,4H2,(H,18,19)(H,20,21). The number of aliphatic hydroxyl groups excluding tert-OH is 4. The molecular weight excluding hydrogens is 328 g/mol. The predicted molar refractivity (Wildman–Crippen MR) is 74.5 cm³/mol. The molecular formula is C14H16O10. The number of hydrogen-bond donors (Lipinski definition) is 7. The Balaban J connectivity index is 2.30. The molecule has 5 unspecified atom stereocenters. The SMILES string of the molecule is O=C(O)c1cc(OC(O)C2(O)C(O)C(O)C2CO)cc(C(=O)O)c1. The van der Waals surface area contributed by atoms with Gasteiger partial charge in [0.15, 0.2) is 5.60 Å². The van der Waals surface area contributed by atoms with E-state index in [-0.39, 0.29) is 0 Å². The molecule has 5 atom stereocenters. The molecule has 10 nitrogen and oxygen atoms in total. The van der Waals surface area contributed by atoms with Crippen LogP contribution in [-0.2, 0) is 0 Å². The smallest absolute Gasteiger partial charge is 0.335 e. The largest absolute Gasteiger partial charge is 0.478 e. The van der Waals surface area contributed by atoms with Crippen molar-refractivity contribution in [3.05, 3.63) is 29.3 Å². The summed E-state index contributed by atoms with van der Waals surface area (Å²) in [6, 6.07) is 2.70. The Hall–Kier alpha value is -2.24. The molecule has 0 saturated heterocycles. The van der Waals surface area contributed by atoms with Crippen LogP contribution in [0.1, 0.15) is 20.7 Å². The van der Waals surface area contributed by atoms with Crippen molar-refractivity contribution in [1.29, 1.82) is 0 Å². The van der Waals surface area contributed by atoms with E-state index in [0.717, 1.165) is 18.2 Å². The highest BCUT2D eigenvalue weighted by Crippen LogP contribution is 2.42. The quantitative estimate of drug-likeness (QED) is 0.281. The van der Waals surface area contributed by atoms with Crippen LogP contribution in [0.3, 0.4) is 0 Å². The second kappa shape index (κ2) is 6.34. The van der Waals surface area contributed by atoms with E-state index in [4.69, 9.17) is 20.1 Å². The third-order valence-electron chi connectivity index (χ3n) is 4.04. The van der Waals surface area contributed by atoms with E-state index in [1.807, 2.05) is 0 Å². The molecule has 0 aliphatic heterocycles. The fourth-order valence-electron chi connectivity index (χ4n) is 2.59. The van der Waals surface area contributed by atoms with Gasteiger partial charge in [-0.15, -0.1) is 0 Å². The van der Waals surface area contributed by atoms with Gasteiger partial charge in [-0.3, -0.25) is 0 Å². The van der Waals surface area contributed by atoms with Crippen molar-refractivity contribution in [1.82, 2.24) is 0 Å². The van der Waals surface area contributed by atoms with Crippen molar-refractivity contribution < 1.29 is 50.1 Å². The molecule has 0 bridgehead atoms. The van der Waals surface area contributed by atoms with Gasteiger partial charge in [0.25, 0.3) is 0 Å². The summed E-state index contributed by atoms with van der Waals surface area (Å²) in [5.41, 5.74) is -3.27. The number of ether oxygens (including phenoxy) is 1. The third-order valence-corrected chi connectivity index (χ3v) is 4.04. The first-order valence-corrected chi connectivity index (χ1v) is 6.78. The number of aromatic carboxylic acids is 2. The monoisotopic (exact) mass is 344 g/mol. The van der Waals surface area contributed by atoms with Crippen LogP contribution in [0.25, 0.3) is 0 Å². The van der Waals surface area contributed by atoms with Crippen molar-refractivity contribution in [2.75, 3.05) is 6.61 Å². The number of aliphatic hydroxyl groups is 5. The zero-order chi connectivity index (χ0) is 18.2. The van der Waals surface area contributed by atoms with E-state index in [9.17, 15) is 30.0 Å². The molecule has 0 aromatic heterocycles. The molecule has 2 rings (SSSR count). The molecule has 1 fully saturated rings. The van der Waals surface area contributed by atoms with Gasteiger partial charge >= 0.3 is 11.9 Å². The first-order valence-electron chi connectivity index (χ1n) is 6.78. The van der Waals surface area contributed by atoms with E-state index in [2.05, 4.69) is 0 Å². The maximum Gasteiger partial charge on any atom is 0.335 e. The lowest BCUT2D eigenvalue weighted by Crippen LogP contribution is -2.76. The van der Waals surface area contributed by atoms with Gasteiger partial charge in [-0.1, -0.05) is 0 Å². The second-order valence-corrected chi connectivity index (χ2v) is 5.44. The Kier molecular flexibility index (Phi) is 4.78. The molecule has 1 aliphatic rings. The molecule has 24 heavy (non-hydrogen) atoms. The Labute approximate surface area is 134 Å². The molecule has 132 valence electrons. The first-order chi connectivity index (χ1) is 11.1. The number of carboxylic acid groups (broad SMARTS) is 2. The van der Waals surface area contributed by atoms with Gasteiger partial charge in [-0.05, 0) is 18.2 Å². The topological polar surface area (TPSA) is 185 Å². The summed E-state index contributed by atoms with van der Waals surface area (Å²) in [5, 5.41) is 66.3. The summed E-state index contributed by atoms with van der Waals surface area (Å²) in [5.74, 6) is -4.57. The van der Waals surface area contributed by atoms with Crippen LogP contribution in [0, 0.1) is 5.92 Å². The average Bonchev–Trinajstić information content (AvgIpc) is 2.53. The lowest BCUT2D eigenvalue weighted by molar-refractivity contribution is -0.332. The maximum atomic E-state index is 11.0. The Morgan fingerprint density at radius 2 is 1.62 bits per heavy atom. The maximum absolute atomic E-state index is 11.0. The van der Waals surface area contributed by atoms with Crippen LogP contribution in [0.15, 0.2) is 18.2 Å². The van der Waals surface area contributed by atoms with Crippen molar-refractivity contribution in [3.8, 4) is 5.75 Å². The van der Waals surface area contributed by atoms with Gasteiger partial charge in [0, 0.05) is 5.92 Å². The zero-order valence-electron chi connectivity index (χ0n) is 12.1. The van der Waals surface area contributed by atoms with E-state index >= 15 is 0 Å². The molecule has 10 heteroatoms. The molecule has 1 aromatic carbocycles. The Morgan fingerprint density at radius 1 is 1.12 bits per heavy atom. The summed E-state index contributed by atoms with van der Waals surface area (Å²) in [7, 11) is 0. The van der Waals surface area contributed by atoms with Gasteiger partial charge < -0.3 is 40.5 Å². The molecule has 0 spiro atoms. The molecule has 0 heterocycles. The molecule has 0 radical (unpaired) electrons. The molecule has 1 saturated carbocycles. The van der Waals surface area contributed by atoms with Crippen LogP contribution in [0.5, 0.6) is 5.75 Å². The van der Waals surface area contributed by atoms with E-state index < -0.39 is 65.4 Å². The summed E-state index contributed by atoms with van der Waals surface area (Å²) >= 11 is 0. The minimum atomic E-state index is -2.41. The van der Waals surface area contributed by atoms with Gasteiger partial charge in [0.2, 0.25) is 6.29 Å². The highest BCUT2D eigenvalue weighted by molar-refractivity contribution is 5.94. The van der Waals surface area contributed by atoms with Gasteiger partial charge in [-0.2, -0.15) is 0 Å². The highest BCUT2D eigenvalue weighted by Gasteiger charge is 2.65. The van der Waals surface area contributed by atoms with Crippen LogP contribution < -0.4 is 4.74 Å². The second-order valence-electron chi connectivity index (χ2n) is 5.44. The minimum absolute atomic E-state index is 0.390. The summed E-state index contributed by atoms with van der Waals surface area (Å²) in [6.07, 6.45) is -5.46. The van der Waals surface area contributed by atoms with Crippen molar-refractivity contribution in [2.45, 2.75) is 24.1 Å². The average molecular weight is 344 g/mol. The normalized spacial score (nSPS) is 30.3. The zero-order valence-corrected chi connectivity index (χ0v) is 12.1. The van der Waals surface area contributed by atoms with Crippen molar-refractivity contribution in [2.24, 2.45) is 5.92 Å². The van der Waals surface area contributed by atoms with Crippen LogP contribution in [-0.4, -0.2) is 78.4 Å². The number of carboxylic acids is 2. The van der Waals surface area contributed by atoms with Gasteiger partial charge in [0.05, 0.1) is 23.8 Å². The number of rotatable bonds is 6. The van der Waals surface area contributed by atoms with Gasteiger partial charge in [-0.25, -0.2) is 9.59 Å². The fourth-order valence-corrected chi connectivity index (χ4v) is 2.59. The molecule has 1 aromatic rings. The van der Waals surface area contributed by atoms with Crippen molar-refractivity contribution in [3.63, 3.8) is 0 Å². The Morgan fingerprint density at radius 3 is 2.04 bits per heavy atom. The third kappa shape index (κ3) is 2.81. The molecule has 1 aliphatic carbocycles. The number of benzene rings is 1. The van der Waals surface area contributed by atoms with E-state index in [0.29, 0.717) is 0 Å². The lowest BCUT2D eigenvalue weighted by atomic mass is 9.64. The van der Waals surface area contributed by atoms with Gasteiger partial charge in [0.1, 0.15) is 11.9 Å². The lowest BCUT2D eigenvalue weighted by Gasteiger charge is -2.53. The van der Waals surface area contributed by atoms with Crippen molar-refractivity contribution >= 4 is 11.9 Å². The van der Waals surface area contributed by atoms with Crippen LogP contribution in [0.4, 0.5) is 0 Å². The first kappa shape index (κ1) is 18.1.